The predicted molar refractivity (Wildman–Crippen MR) is 90.2 cm³/mol. The molecule has 1 aromatic heterocycles. The number of aryl methyl sites for hydroxylation is 2. The van der Waals surface area contributed by atoms with Crippen LogP contribution in [0, 0.1) is 12.8 Å². The Balaban J connectivity index is 1.67. The Morgan fingerprint density at radius 3 is 2.76 bits per heavy atom. The van der Waals surface area contributed by atoms with E-state index in [1.54, 1.807) is 11.3 Å². The summed E-state index contributed by atoms with van der Waals surface area (Å²) in [6, 6.07) is 2.02. The number of hydrogen-bond acceptors (Lipinski definition) is 3. The van der Waals surface area contributed by atoms with Gasteiger partial charge in [-0.05, 0) is 69.8 Å². The van der Waals surface area contributed by atoms with Gasteiger partial charge in [0.25, 0.3) is 5.91 Å². The number of rotatable bonds is 6. The maximum absolute atomic E-state index is 12.1. The van der Waals surface area contributed by atoms with E-state index in [-0.39, 0.29) is 5.91 Å². The zero-order chi connectivity index (χ0) is 15.2. The van der Waals surface area contributed by atoms with Crippen LogP contribution in [-0.2, 0) is 6.42 Å². The quantitative estimate of drug-likeness (QED) is 0.816. The van der Waals surface area contributed by atoms with Crippen LogP contribution in [0.2, 0.25) is 0 Å². The number of likely N-dealkylation sites (tertiary alicyclic amines) is 1. The van der Waals surface area contributed by atoms with Gasteiger partial charge >= 0.3 is 0 Å². The lowest BCUT2D eigenvalue weighted by Crippen LogP contribution is -2.35. The molecule has 0 aliphatic carbocycles. The maximum atomic E-state index is 12.1. The van der Waals surface area contributed by atoms with E-state index in [0.717, 1.165) is 36.7 Å². The second-order valence-corrected chi connectivity index (χ2v) is 7.34. The molecule has 0 saturated carbocycles. The van der Waals surface area contributed by atoms with Crippen LogP contribution >= 0.6 is 11.3 Å². The summed E-state index contributed by atoms with van der Waals surface area (Å²) in [7, 11) is 0. The number of nitrogens with zero attached hydrogens (tertiary/aromatic N) is 1. The summed E-state index contributed by atoms with van der Waals surface area (Å²) < 4.78 is 0. The molecule has 1 saturated heterocycles. The molecule has 1 fully saturated rings. The lowest BCUT2D eigenvalue weighted by Gasteiger charge is -2.30. The molecule has 4 heteroatoms. The van der Waals surface area contributed by atoms with E-state index in [9.17, 15) is 4.79 Å². The van der Waals surface area contributed by atoms with Crippen LogP contribution in [-0.4, -0.2) is 37.0 Å². The molecule has 118 valence electrons. The van der Waals surface area contributed by atoms with Crippen molar-refractivity contribution in [3.05, 3.63) is 21.4 Å². The summed E-state index contributed by atoms with van der Waals surface area (Å²) >= 11 is 1.63. The Morgan fingerprint density at radius 2 is 2.14 bits per heavy atom. The van der Waals surface area contributed by atoms with Crippen molar-refractivity contribution >= 4 is 17.2 Å². The number of hydrogen-bond donors (Lipinski definition) is 1. The van der Waals surface area contributed by atoms with Crippen LogP contribution < -0.4 is 5.32 Å². The van der Waals surface area contributed by atoms with Gasteiger partial charge in [0.2, 0.25) is 0 Å². The fraction of sp³-hybridized carbons (Fsp3) is 0.706. The minimum Gasteiger partial charge on any atom is -0.351 e. The van der Waals surface area contributed by atoms with Gasteiger partial charge in [-0.3, -0.25) is 4.79 Å². The van der Waals surface area contributed by atoms with Gasteiger partial charge in [-0.2, -0.15) is 0 Å². The molecule has 0 spiro atoms. The van der Waals surface area contributed by atoms with Crippen LogP contribution in [0.3, 0.4) is 0 Å². The Hall–Kier alpha value is -0.870. The van der Waals surface area contributed by atoms with E-state index in [1.807, 2.05) is 6.07 Å². The van der Waals surface area contributed by atoms with Crippen molar-refractivity contribution in [2.75, 3.05) is 26.2 Å². The number of thiophene rings is 1. The highest BCUT2D eigenvalue weighted by Gasteiger charge is 2.15. The largest absolute Gasteiger partial charge is 0.351 e. The summed E-state index contributed by atoms with van der Waals surface area (Å²) in [5, 5.41) is 3.06. The molecule has 1 N–H and O–H groups in total. The van der Waals surface area contributed by atoms with Crippen molar-refractivity contribution in [3.8, 4) is 0 Å². The Labute approximate surface area is 132 Å². The minimum absolute atomic E-state index is 0.0927. The van der Waals surface area contributed by atoms with Crippen LogP contribution in [0.25, 0.3) is 0 Å². The Kier molecular flexibility index (Phi) is 6.24. The summed E-state index contributed by atoms with van der Waals surface area (Å²) in [5.74, 6) is 0.978. The van der Waals surface area contributed by atoms with E-state index < -0.39 is 0 Å². The van der Waals surface area contributed by atoms with Crippen LogP contribution in [0.1, 0.15) is 53.2 Å². The number of piperidine rings is 1. The van der Waals surface area contributed by atoms with Crippen molar-refractivity contribution in [2.24, 2.45) is 5.92 Å². The zero-order valence-corrected chi connectivity index (χ0v) is 14.4. The number of carbonyl (C=O) groups excluding carboxylic acids is 1. The zero-order valence-electron chi connectivity index (χ0n) is 13.6. The highest BCUT2D eigenvalue weighted by molar-refractivity contribution is 7.14. The van der Waals surface area contributed by atoms with Gasteiger partial charge in [0, 0.05) is 11.4 Å². The van der Waals surface area contributed by atoms with E-state index in [4.69, 9.17) is 0 Å². The SMILES string of the molecule is CCc1sc(C(=O)NCCCN2CCC(C)CC2)cc1C. The van der Waals surface area contributed by atoms with Gasteiger partial charge in [-0.15, -0.1) is 11.3 Å². The smallest absolute Gasteiger partial charge is 0.261 e. The highest BCUT2D eigenvalue weighted by Crippen LogP contribution is 2.22. The number of carbonyl (C=O) groups is 1. The molecule has 0 atom stereocenters. The first-order valence-electron chi connectivity index (χ1n) is 8.20. The van der Waals surface area contributed by atoms with Crippen molar-refractivity contribution in [1.29, 1.82) is 0 Å². The molecule has 1 aliphatic heterocycles. The third-order valence-corrected chi connectivity index (χ3v) is 5.76. The van der Waals surface area contributed by atoms with Crippen molar-refractivity contribution in [1.82, 2.24) is 10.2 Å². The topological polar surface area (TPSA) is 32.3 Å². The lowest BCUT2D eigenvalue weighted by molar-refractivity contribution is 0.0954. The molecule has 0 aromatic carbocycles. The molecule has 3 nitrogen and oxygen atoms in total. The van der Waals surface area contributed by atoms with Crippen molar-refractivity contribution in [2.45, 2.75) is 46.5 Å². The van der Waals surface area contributed by atoms with Gasteiger partial charge in [0.1, 0.15) is 0 Å². The minimum atomic E-state index is 0.0927. The van der Waals surface area contributed by atoms with E-state index >= 15 is 0 Å². The first-order chi connectivity index (χ1) is 10.1. The number of amides is 1. The van der Waals surface area contributed by atoms with E-state index in [2.05, 4.69) is 31.0 Å². The maximum Gasteiger partial charge on any atom is 0.261 e. The first-order valence-corrected chi connectivity index (χ1v) is 9.01. The number of nitrogens with one attached hydrogen (secondary N) is 1. The third-order valence-electron chi connectivity index (χ3n) is 4.38. The second-order valence-electron chi connectivity index (χ2n) is 6.20. The van der Waals surface area contributed by atoms with Crippen LogP contribution in [0.4, 0.5) is 0 Å². The van der Waals surface area contributed by atoms with Gasteiger partial charge in [-0.25, -0.2) is 0 Å². The predicted octanol–water partition coefficient (Wildman–Crippen LogP) is 3.47. The molecule has 2 rings (SSSR count). The molecular formula is C17H28N2OS. The van der Waals surface area contributed by atoms with Gasteiger partial charge < -0.3 is 10.2 Å². The molecule has 0 bridgehead atoms. The van der Waals surface area contributed by atoms with Gasteiger partial charge in [-0.1, -0.05) is 13.8 Å². The van der Waals surface area contributed by atoms with E-state index in [0.29, 0.717) is 0 Å². The second kappa shape index (κ2) is 7.95. The molecule has 1 amide bonds. The average molecular weight is 308 g/mol. The van der Waals surface area contributed by atoms with Crippen LogP contribution in [0.5, 0.6) is 0 Å². The molecule has 1 aliphatic rings. The highest BCUT2D eigenvalue weighted by atomic mass is 32.1. The fourth-order valence-electron chi connectivity index (χ4n) is 2.86. The average Bonchev–Trinajstić information content (AvgIpc) is 2.86. The summed E-state index contributed by atoms with van der Waals surface area (Å²) in [6.07, 6.45) is 4.70. The summed E-state index contributed by atoms with van der Waals surface area (Å²) in [4.78, 5) is 16.8. The van der Waals surface area contributed by atoms with E-state index in [1.165, 1.54) is 36.4 Å². The Morgan fingerprint density at radius 1 is 1.43 bits per heavy atom. The Bertz CT molecular complexity index is 461. The monoisotopic (exact) mass is 308 g/mol. The molecule has 0 radical (unpaired) electrons. The van der Waals surface area contributed by atoms with Gasteiger partial charge in [0.15, 0.2) is 0 Å². The van der Waals surface area contributed by atoms with Crippen molar-refractivity contribution in [3.63, 3.8) is 0 Å². The molecule has 2 heterocycles. The molecule has 1 aromatic rings. The summed E-state index contributed by atoms with van der Waals surface area (Å²) in [5.41, 5.74) is 1.25. The van der Waals surface area contributed by atoms with Crippen LogP contribution in [0.15, 0.2) is 6.07 Å². The molecule has 21 heavy (non-hydrogen) atoms. The fourth-order valence-corrected chi connectivity index (χ4v) is 3.89. The lowest BCUT2D eigenvalue weighted by atomic mass is 9.99. The normalized spacial score (nSPS) is 17.1. The third kappa shape index (κ3) is 4.82. The first kappa shape index (κ1) is 16.5. The summed E-state index contributed by atoms with van der Waals surface area (Å²) in [6.45, 7) is 10.9. The molecule has 0 unspecified atom stereocenters. The standard InChI is InChI=1S/C17H28N2OS/c1-4-15-14(3)12-16(21-15)17(20)18-8-5-9-19-10-6-13(2)7-11-19/h12-13H,4-11H2,1-3H3,(H,18,20). The van der Waals surface area contributed by atoms with Gasteiger partial charge in [0.05, 0.1) is 4.88 Å². The molecular weight excluding hydrogens is 280 g/mol. The van der Waals surface area contributed by atoms with Crippen molar-refractivity contribution < 1.29 is 4.79 Å².